The van der Waals surface area contributed by atoms with Crippen LogP contribution in [0.4, 0.5) is 5.69 Å². The molecule has 0 radical (unpaired) electrons. The summed E-state index contributed by atoms with van der Waals surface area (Å²) in [6.07, 6.45) is 0. The lowest BCUT2D eigenvalue weighted by Gasteiger charge is -1.98. The SMILES string of the molecule is Cc1cc(C#N)c(Cl)c([N+](=O)[O-])c1. The van der Waals surface area contributed by atoms with E-state index in [1.165, 1.54) is 12.1 Å². The van der Waals surface area contributed by atoms with E-state index in [0.29, 0.717) is 5.56 Å². The Morgan fingerprint density at radius 1 is 1.62 bits per heavy atom. The normalized spacial score (nSPS) is 9.31. The van der Waals surface area contributed by atoms with E-state index < -0.39 is 4.92 Å². The molecule has 1 aromatic rings. The third kappa shape index (κ3) is 1.76. The minimum Gasteiger partial charge on any atom is -0.258 e. The summed E-state index contributed by atoms with van der Waals surface area (Å²) in [6, 6.07) is 4.64. The number of hydrogen-bond donors (Lipinski definition) is 0. The number of benzene rings is 1. The number of hydrogen-bond acceptors (Lipinski definition) is 3. The second-order valence-electron chi connectivity index (χ2n) is 2.51. The molecule has 0 aliphatic rings. The van der Waals surface area contributed by atoms with Crippen LogP contribution in [0.3, 0.4) is 0 Å². The number of rotatable bonds is 1. The van der Waals surface area contributed by atoms with Crippen molar-refractivity contribution in [3.63, 3.8) is 0 Å². The first-order valence-electron chi connectivity index (χ1n) is 3.41. The monoisotopic (exact) mass is 196 g/mol. The summed E-state index contributed by atoms with van der Waals surface area (Å²) in [5, 5.41) is 18.9. The van der Waals surface area contributed by atoms with E-state index in [-0.39, 0.29) is 16.3 Å². The second-order valence-corrected chi connectivity index (χ2v) is 2.89. The summed E-state index contributed by atoms with van der Waals surface area (Å²) >= 11 is 5.61. The second kappa shape index (κ2) is 3.42. The van der Waals surface area contributed by atoms with E-state index in [0.717, 1.165) is 0 Å². The van der Waals surface area contributed by atoms with Gasteiger partial charge >= 0.3 is 0 Å². The largest absolute Gasteiger partial charge is 0.289 e. The molecule has 0 bridgehead atoms. The number of halogens is 1. The standard InChI is InChI=1S/C8H5ClN2O2/c1-5-2-6(4-10)8(9)7(3-5)11(12)13/h2-3H,1H3. The van der Waals surface area contributed by atoms with Crippen molar-refractivity contribution in [2.24, 2.45) is 0 Å². The zero-order valence-electron chi connectivity index (χ0n) is 6.74. The lowest BCUT2D eigenvalue weighted by Crippen LogP contribution is -1.92. The van der Waals surface area contributed by atoms with Crippen molar-refractivity contribution < 1.29 is 4.92 Å². The highest BCUT2D eigenvalue weighted by Crippen LogP contribution is 2.28. The number of nitro groups is 1. The average molecular weight is 197 g/mol. The summed E-state index contributed by atoms with van der Waals surface area (Å²) in [7, 11) is 0. The molecule has 0 heterocycles. The van der Waals surface area contributed by atoms with Gasteiger partial charge in [-0.05, 0) is 18.6 Å². The molecule has 0 aromatic heterocycles. The minimum atomic E-state index is -0.601. The lowest BCUT2D eigenvalue weighted by molar-refractivity contribution is -0.384. The molecule has 1 aromatic carbocycles. The number of aryl methyl sites for hydroxylation is 1. The van der Waals surface area contributed by atoms with Gasteiger partial charge in [-0.3, -0.25) is 10.1 Å². The van der Waals surface area contributed by atoms with Gasteiger partial charge in [0, 0.05) is 6.07 Å². The Morgan fingerprint density at radius 2 is 2.23 bits per heavy atom. The van der Waals surface area contributed by atoms with Crippen LogP contribution in [0.15, 0.2) is 12.1 Å². The van der Waals surface area contributed by atoms with E-state index in [1.54, 1.807) is 13.0 Å². The average Bonchev–Trinajstić information content (AvgIpc) is 2.08. The van der Waals surface area contributed by atoms with Gasteiger partial charge in [0.1, 0.15) is 11.1 Å². The molecule has 0 saturated heterocycles. The van der Waals surface area contributed by atoms with Gasteiger partial charge < -0.3 is 0 Å². The molecular weight excluding hydrogens is 192 g/mol. The summed E-state index contributed by atoms with van der Waals surface area (Å²) in [5.74, 6) is 0. The van der Waals surface area contributed by atoms with Gasteiger partial charge in [0.25, 0.3) is 5.69 Å². The van der Waals surface area contributed by atoms with Crippen LogP contribution in [0.2, 0.25) is 5.02 Å². The molecule has 0 aliphatic heterocycles. The van der Waals surface area contributed by atoms with Crippen molar-refractivity contribution in [2.45, 2.75) is 6.92 Å². The maximum absolute atomic E-state index is 10.5. The zero-order chi connectivity index (χ0) is 10.0. The van der Waals surface area contributed by atoms with Crippen molar-refractivity contribution in [3.05, 3.63) is 38.4 Å². The first-order valence-corrected chi connectivity index (χ1v) is 3.78. The maximum Gasteiger partial charge on any atom is 0.289 e. The van der Waals surface area contributed by atoms with Gasteiger partial charge in [-0.1, -0.05) is 11.6 Å². The molecule has 13 heavy (non-hydrogen) atoms. The highest BCUT2D eigenvalue weighted by atomic mass is 35.5. The molecule has 0 atom stereocenters. The van der Waals surface area contributed by atoms with Crippen molar-refractivity contribution in [3.8, 4) is 6.07 Å². The zero-order valence-corrected chi connectivity index (χ0v) is 7.50. The predicted octanol–water partition coefficient (Wildman–Crippen LogP) is 2.43. The molecule has 0 aliphatic carbocycles. The van der Waals surface area contributed by atoms with Gasteiger partial charge in [-0.25, -0.2) is 0 Å². The van der Waals surface area contributed by atoms with Crippen LogP contribution < -0.4 is 0 Å². The van der Waals surface area contributed by atoms with Gasteiger partial charge in [0.05, 0.1) is 10.5 Å². The Morgan fingerprint density at radius 3 is 2.69 bits per heavy atom. The molecule has 0 N–H and O–H groups in total. The Labute approximate surface area is 79.5 Å². The molecule has 0 saturated carbocycles. The molecule has 5 heteroatoms. The molecule has 4 nitrogen and oxygen atoms in total. The number of nitriles is 1. The summed E-state index contributed by atoms with van der Waals surface area (Å²) in [6.45, 7) is 1.67. The fourth-order valence-electron chi connectivity index (χ4n) is 0.964. The van der Waals surface area contributed by atoms with E-state index in [9.17, 15) is 10.1 Å². The summed E-state index contributed by atoms with van der Waals surface area (Å²) in [5.41, 5.74) is 0.555. The van der Waals surface area contributed by atoms with Crippen LogP contribution in [0.25, 0.3) is 0 Å². The van der Waals surface area contributed by atoms with Crippen LogP contribution >= 0.6 is 11.6 Å². The van der Waals surface area contributed by atoms with E-state index in [1.807, 2.05) is 0 Å². The lowest BCUT2D eigenvalue weighted by atomic mass is 10.1. The fraction of sp³-hybridized carbons (Fsp3) is 0.125. The number of nitrogens with zero attached hydrogens (tertiary/aromatic N) is 2. The van der Waals surface area contributed by atoms with Crippen molar-refractivity contribution in [1.29, 1.82) is 5.26 Å². The topological polar surface area (TPSA) is 66.9 Å². The third-order valence-corrected chi connectivity index (χ3v) is 1.91. The molecule has 0 unspecified atom stereocenters. The highest BCUT2D eigenvalue weighted by Gasteiger charge is 2.16. The van der Waals surface area contributed by atoms with Crippen LogP contribution in [-0.4, -0.2) is 4.92 Å². The van der Waals surface area contributed by atoms with Gasteiger partial charge in [0.15, 0.2) is 0 Å². The van der Waals surface area contributed by atoms with E-state index in [2.05, 4.69) is 0 Å². The molecule has 1 rings (SSSR count). The number of nitro benzene ring substituents is 1. The Balaban J connectivity index is 3.47. The smallest absolute Gasteiger partial charge is 0.258 e. The molecule has 0 fully saturated rings. The Bertz CT molecular complexity index is 409. The molecule has 66 valence electrons. The van der Waals surface area contributed by atoms with Gasteiger partial charge in [-0.15, -0.1) is 0 Å². The van der Waals surface area contributed by atoms with Crippen LogP contribution in [0, 0.1) is 28.4 Å². The van der Waals surface area contributed by atoms with Gasteiger partial charge in [0.2, 0.25) is 0 Å². The highest BCUT2D eigenvalue weighted by molar-refractivity contribution is 6.33. The van der Waals surface area contributed by atoms with Crippen molar-refractivity contribution in [2.75, 3.05) is 0 Å². The third-order valence-electron chi connectivity index (χ3n) is 1.51. The first-order chi connectivity index (χ1) is 6.06. The van der Waals surface area contributed by atoms with Crippen molar-refractivity contribution in [1.82, 2.24) is 0 Å². The summed E-state index contributed by atoms with van der Waals surface area (Å²) in [4.78, 5) is 9.85. The molecular formula is C8H5ClN2O2. The quantitative estimate of drug-likeness (QED) is 0.512. The predicted molar refractivity (Wildman–Crippen MR) is 47.6 cm³/mol. The van der Waals surface area contributed by atoms with Gasteiger partial charge in [-0.2, -0.15) is 5.26 Å². The van der Waals surface area contributed by atoms with E-state index in [4.69, 9.17) is 16.9 Å². The minimum absolute atomic E-state index is 0.0990. The Hall–Kier alpha value is -1.60. The fourth-order valence-corrected chi connectivity index (χ4v) is 1.18. The van der Waals surface area contributed by atoms with Crippen LogP contribution in [-0.2, 0) is 0 Å². The Kier molecular flexibility index (Phi) is 2.49. The molecule has 0 spiro atoms. The van der Waals surface area contributed by atoms with Crippen molar-refractivity contribution >= 4 is 17.3 Å². The first kappa shape index (κ1) is 9.49. The van der Waals surface area contributed by atoms with Crippen LogP contribution in [0.5, 0.6) is 0 Å². The molecule has 0 amide bonds. The summed E-state index contributed by atoms with van der Waals surface area (Å²) < 4.78 is 0. The van der Waals surface area contributed by atoms with Crippen LogP contribution in [0.1, 0.15) is 11.1 Å². The maximum atomic E-state index is 10.5. The van der Waals surface area contributed by atoms with E-state index >= 15 is 0 Å².